The molecule has 6 heteroatoms. The average molecular weight is 354 g/mol. The summed E-state index contributed by atoms with van der Waals surface area (Å²) >= 11 is 1.53. The summed E-state index contributed by atoms with van der Waals surface area (Å²) in [6.07, 6.45) is 3.83. The van der Waals surface area contributed by atoms with Gasteiger partial charge in [0.15, 0.2) is 5.65 Å². The quantitative estimate of drug-likeness (QED) is 0.715. The van der Waals surface area contributed by atoms with E-state index in [1.807, 2.05) is 41.6 Å². The first-order chi connectivity index (χ1) is 12.2. The second-order valence-corrected chi connectivity index (χ2v) is 7.55. The van der Waals surface area contributed by atoms with Crippen molar-refractivity contribution in [2.75, 3.05) is 13.1 Å². The van der Waals surface area contributed by atoms with E-state index in [-0.39, 0.29) is 11.8 Å². The monoisotopic (exact) mass is 354 g/mol. The number of hydrogen-bond donors (Lipinski definition) is 0. The van der Waals surface area contributed by atoms with E-state index >= 15 is 0 Å². The maximum Gasteiger partial charge on any atom is 0.264 e. The number of aryl methyl sites for hydroxylation is 2. The van der Waals surface area contributed by atoms with Crippen molar-refractivity contribution in [3.05, 3.63) is 46.0 Å². The number of fused-ring (bicyclic) bond motifs is 1. The number of hydrogen-bond acceptors (Lipinski definition) is 4. The molecule has 0 radical (unpaired) electrons. The smallest absolute Gasteiger partial charge is 0.264 e. The average Bonchev–Trinajstić information content (AvgIpc) is 3.33. The van der Waals surface area contributed by atoms with Gasteiger partial charge in [0, 0.05) is 31.7 Å². The van der Waals surface area contributed by atoms with Gasteiger partial charge in [0.2, 0.25) is 0 Å². The minimum Gasteiger partial charge on any atom is -0.337 e. The van der Waals surface area contributed by atoms with E-state index in [0.29, 0.717) is 0 Å². The fourth-order valence-electron chi connectivity index (χ4n) is 3.62. The zero-order valence-corrected chi connectivity index (χ0v) is 15.4. The van der Waals surface area contributed by atoms with Crippen LogP contribution < -0.4 is 0 Å². The highest BCUT2D eigenvalue weighted by Gasteiger charge is 2.32. The Labute approximate surface area is 151 Å². The number of rotatable bonds is 4. The van der Waals surface area contributed by atoms with Crippen molar-refractivity contribution >= 4 is 28.4 Å². The Kier molecular flexibility index (Phi) is 4.29. The second kappa shape index (κ2) is 6.59. The number of imidazole rings is 1. The molecular weight excluding hydrogens is 332 g/mol. The molecule has 1 saturated heterocycles. The molecule has 1 amide bonds. The Bertz CT molecular complexity index is 913. The van der Waals surface area contributed by atoms with Gasteiger partial charge >= 0.3 is 0 Å². The van der Waals surface area contributed by atoms with Crippen LogP contribution in [0.1, 0.15) is 46.7 Å². The number of thiophene rings is 1. The molecule has 0 spiro atoms. The third-order valence-corrected chi connectivity index (χ3v) is 5.88. The zero-order chi connectivity index (χ0) is 17.4. The molecule has 130 valence electrons. The molecule has 1 aliphatic rings. The van der Waals surface area contributed by atoms with E-state index in [1.165, 1.54) is 11.3 Å². The van der Waals surface area contributed by atoms with Crippen molar-refractivity contribution in [1.29, 1.82) is 0 Å². The van der Waals surface area contributed by atoms with Crippen LogP contribution >= 0.6 is 11.3 Å². The van der Waals surface area contributed by atoms with Crippen LogP contribution in [0.25, 0.3) is 11.2 Å². The number of nitrogens with zero attached hydrogens (tertiary/aromatic N) is 4. The summed E-state index contributed by atoms with van der Waals surface area (Å²) in [5, 5.41) is 1.99. The molecule has 0 saturated carbocycles. The summed E-state index contributed by atoms with van der Waals surface area (Å²) in [5.74, 6) is 1.52. The molecule has 4 rings (SSSR count). The molecular formula is C19H22N4OS. The molecule has 0 unspecified atom stereocenters. The Morgan fingerprint density at radius 3 is 3.04 bits per heavy atom. The molecule has 5 nitrogen and oxygen atoms in total. The maximum absolute atomic E-state index is 12.8. The van der Waals surface area contributed by atoms with E-state index in [0.717, 1.165) is 59.9 Å². The van der Waals surface area contributed by atoms with Crippen LogP contribution in [0, 0.1) is 6.92 Å². The summed E-state index contributed by atoms with van der Waals surface area (Å²) in [5.41, 5.74) is 2.98. The predicted molar refractivity (Wildman–Crippen MR) is 100 cm³/mol. The highest BCUT2D eigenvalue weighted by atomic mass is 32.1. The van der Waals surface area contributed by atoms with Gasteiger partial charge in [-0.25, -0.2) is 9.97 Å². The van der Waals surface area contributed by atoms with Gasteiger partial charge in [-0.1, -0.05) is 6.92 Å². The predicted octanol–water partition coefficient (Wildman–Crippen LogP) is 3.84. The second-order valence-electron chi connectivity index (χ2n) is 6.64. The number of carbonyl (C=O) groups excluding carboxylic acids is 1. The lowest BCUT2D eigenvalue weighted by Crippen LogP contribution is -2.28. The van der Waals surface area contributed by atoms with Crippen molar-refractivity contribution in [1.82, 2.24) is 19.4 Å². The van der Waals surface area contributed by atoms with Crippen LogP contribution in [0.15, 0.2) is 29.8 Å². The van der Waals surface area contributed by atoms with Gasteiger partial charge in [-0.3, -0.25) is 4.79 Å². The summed E-state index contributed by atoms with van der Waals surface area (Å²) in [6.45, 7) is 6.62. The first-order valence-electron chi connectivity index (χ1n) is 8.83. The summed E-state index contributed by atoms with van der Waals surface area (Å²) in [6, 6.07) is 5.96. The number of pyridine rings is 1. The van der Waals surface area contributed by atoms with E-state index in [2.05, 4.69) is 16.5 Å². The van der Waals surface area contributed by atoms with Gasteiger partial charge in [0.05, 0.1) is 4.88 Å². The Balaban J connectivity index is 1.61. The number of carbonyl (C=O) groups is 1. The van der Waals surface area contributed by atoms with Gasteiger partial charge in [-0.15, -0.1) is 11.3 Å². The van der Waals surface area contributed by atoms with Crippen LogP contribution in [0.3, 0.4) is 0 Å². The van der Waals surface area contributed by atoms with Gasteiger partial charge in [0.25, 0.3) is 5.91 Å². The first kappa shape index (κ1) is 16.3. The molecule has 0 bridgehead atoms. The fourth-order valence-corrected chi connectivity index (χ4v) is 4.51. The fraction of sp³-hybridized carbons (Fsp3) is 0.421. The highest BCUT2D eigenvalue weighted by molar-refractivity contribution is 7.12. The Hall–Kier alpha value is -2.21. The lowest BCUT2D eigenvalue weighted by molar-refractivity contribution is 0.0794. The van der Waals surface area contributed by atoms with Crippen molar-refractivity contribution in [3.8, 4) is 0 Å². The SMILES string of the molecule is CCCn1c([C@H]2CCN(C(=O)c3sccc3C)C2)nc2cccnc21. The first-order valence-corrected chi connectivity index (χ1v) is 9.71. The van der Waals surface area contributed by atoms with Crippen molar-refractivity contribution < 1.29 is 4.79 Å². The molecule has 0 aliphatic carbocycles. The number of likely N-dealkylation sites (tertiary alicyclic amines) is 1. The van der Waals surface area contributed by atoms with Crippen molar-refractivity contribution in [2.24, 2.45) is 0 Å². The topological polar surface area (TPSA) is 51.0 Å². The standard InChI is InChI=1S/C19H22N4OS/c1-3-9-23-17(21-15-5-4-8-20-18(15)23)14-6-10-22(12-14)19(24)16-13(2)7-11-25-16/h4-5,7-8,11,14H,3,6,9-10,12H2,1-2H3/t14-/m0/s1. The Morgan fingerprint density at radius 1 is 1.40 bits per heavy atom. The molecule has 3 aromatic heterocycles. The molecule has 4 heterocycles. The van der Waals surface area contributed by atoms with Crippen LogP contribution in [0.5, 0.6) is 0 Å². The van der Waals surface area contributed by atoms with Crippen LogP contribution in [-0.4, -0.2) is 38.4 Å². The molecule has 25 heavy (non-hydrogen) atoms. The summed E-state index contributed by atoms with van der Waals surface area (Å²) < 4.78 is 2.24. The Morgan fingerprint density at radius 2 is 2.28 bits per heavy atom. The van der Waals surface area contributed by atoms with Gasteiger partial charge in [-0.05, 0) is 48.9 Å². The molecule has 0 N–H and O–H groups in total. The molecule has 1 fully saturated rings. The molecule has 1 atom stereocenters. The molecule has 0 aromatic carbocycles. The van der Waals surface area contributed by atoms with Crippen LogP contribution in [-0.2, 0) is 6.54 Å². The van der Waals surface area contributed by atoms with E-state index in [4.69, 9.17) is 4.98 Å². The van der Waals surface area contributed by atoms with E-state index in [1.54, 1.807) is 0 Å². The van der Waals surface area contributed by atoms with Gasteiger partial charge < -0.3 is 9.47 Å². The largest absolute Gasteiger partial charge is 0.337 e. The van der Waals surface area contributed by atoms with Crippen LogP contribution in [0.2, 0.25) is 0 Å². The normalized spacial score (nSPS) is 17.5. The summed E-state index contributed by atoms with van der Waals surface area (Å²) in [7, 11) is 0. The van der Waals surface area contributed by atoms with Crippen molar-refractivity contribution in [2.45, 2.75) is 39.2 Å². The number of amides is 1. The molecule has 1 aliphatic heterocycles. The summed E-state index contributed by atoms with van der Waals surface area (Å²) in [4.78, 5) is 25.0. The van der Waals surface area contributed by atoms with Crippen LogP contribution in [0.4, 0.5) is 0 Å². The van der Waals surface area contributed by atoms with Gasteiger partial charge in [0.1, 0.15) is 11.3 Å². The highest BCUT2D eigenvalue weighted by Crippen LogP contribution is 2.31. The zero-order valence-electron chi connectivity index (χ0n) is 14.6. The minimum absolute atomic E-state index is 0.159. The third kappa shape index (κ3) is 2.84. The minimum atomic E-state index is 0.159. The van der Waals surface area contributed by atoms with E-state index in [9.17, 15) is 4.79 Å². The van der Waals surface area contributed by atoms with Crippen molar-refractivity contribution in [3.63, 3.8) is 0 Å². The van der Waals surface area contributed by atoms with E-state index < -0.39 is 0 Å². The van der Waals surface area contributed by atoms with Gasteiger partial charge in [-0.2, -0.15) is 0 Å². The lowest BCUT2D eigenvalue weighted by atomic mass is 10.1. The maximum atomic E-state index is 12.8. The lowest BCUT2D eigenvalue weighted by Gasteiger charge is -2.17. The molecule has 3 aromatic rings. The number of aromatic nitrogens is 3. The third-order valence-electron chi connectivity index (χ3n) is 4.88.